The highest BCUT2D eigenvalue weighted by Gasteiger charge is 2.26. The number of nitrogens with one attached hydrogen (secondary N) is 1. The van der Waals surface area contributed by atoms with E-state index in [0.29, 0.717) is 5.69 Å². The van der Waals surface area contributed by atoms with E-state index in [9.17, 15) is 13.2 Å². The molecule has 0 amide bonds. The lowest BCUT2D eigenvalue weighted by molar-refractivity contribution is -0.115. The van der Waals surface area contributed by atoms with Gasteiger partial charge in [-0.25, -0.2) is 4.98 Å². The number of rotatable bonds is 2. The molecular weight excluding hydrogens is 230 g/mol. The van der Waals surface area contributed by atoms with E-state index in [0.717, 1.165) is 0 Å². The van der Waals surface area contributed by atoms with Crippen LogP contribution in [0.1, 0.15) is 13.3 Å². The molecule has 0 fully saturated rings. The van der Waals surface area contributed by atoms with Crippen LogP contribution in [0.2, 0.25) is 0 Å². The summed E-state index contributed by atoms with van der Waals surface area (Å²) in [6, 6.07) is 3.19. The van der Waals surface area contributed by atoms with Gasteiger partial charge in [0.2, 0.25) is 5.03 Å². The molecule has 1 aromatic rings. The maximum absolute atomic E-state index is 11.7. The summed E-state index contributed by atoms with van der Waals surface area (Å²) in [4.78, 5) is 14.6. The lowest BCUT2D eigenvalue weighted by atomic mass is 10.3. The standard InChI is InChI=1S/C9H9N3O3S/c1-6(13)5-8-11-7-3-2-4-10-9(7)16(14,15)12-8/h2-4H,5H2,1H3,(H,11,12). The lowest BCUT2D eigenvalue weighted by Gasteiger charge is -2.15. The molecule has 0 saturated carbocycles. The Morgan fingerprint density at radius 3 is 2.94 bits per heavy atom. The van der Waals surface area contributed by atoms with Gasteiger partial charge in [0.05, 0.1) is 12.1 Å². The minimum atomic E-state index is -3.77. The van der Waals surface area contributed by atoms with Gasteiger partial charge in [-0.3, -0.25) is 4.79 Å². The van der Waals surface area contributed by atoms with Crippen LogP contribution >= 0.6 is 0 Å². The average molecular weight is 239 g/mol. The second kappa shape index (κ2) is 3.67. The van der Waals surface area contributed by atoms with Gasteiger partial charge in [-0.05, 0) is 19.1 Å². The van der Waals surface area contributed by atoms with Crippen LogP contribution in [0.3, 0.4) is 0 Å². The number of hydrogen-bond acceptors (Lipinski definition) is 5. The number of carbonyl (C=O) groups excluding carboxylic acids is 1. The van der Waals surface area contributed by atoms with Crippen molar-refractivity contribution in [3.05, 3.63) is 18.3 Å². The van der Waals surface area contributed by atoms with Crippen molar-refractivity contribution in [1.82, 2.24) is 4.98 Å². The Morgan fingerprint density at radius 2 is 2.25 bits per heavy atom. The fraction of sp³-hybridized carbons (Fsp3) is 0.222. The largest absolute Gasteiger partial charge is 0.340 e. The molecule has 1 N–H and O–H groups in total. The molecule has 0 bridgehead atoms. The summed E-state index contributed by atoms with van der Waals surface area (Å²) in [6.07, 6.45) is 1.34. The van der Waals surface area contributed by atoms with E-state index in [1.165, 1.54) is 13.1 Å². The first kappa shape index (κ1) is 10.7. The fourth-order valence-corrected chi connectivity index (χ4v) is 2.45. The van der Waals surface area contributed by atoms with Crippen LogP contribution in [0.25, 0.3) is 0 Å². The molecule has 84 valence electrons. The van der Waals surface area contributed by atoms with E-state index in [1.54, 1.807) is 12.1 Å². The first-order chi connectivity index (χ1) is 7.49. The Hall–Kier alpha value is -1.76. The highest BCUT2D eigenvalue weighted by Crippen LogP contribution is 2.24. The summed E-state index contributed by atoms with van der Waals surface area (Å²) < 4.78 is 26.8. The zero-order chi connectivity index (χ0) is 11.8. The van der Waals surface area contributed by atoms with Crippen LogP contribution in [0, 0.1) is 0 Å². The topological polar surface area (TPSA) is 88.5 Å². The molecule has 7 heteroatoms. The normalized spacial score (nSPS) is 16.9. The Labute approximate surface area is 92.5 Å². The molecule has 6 nitrogen and oxygen atoms in total. The van der Waals surface area contributed by atoms with Crippen LogP contribution < -0.4 is 5.32 Å². The van der Waals surface area contributed by atoms with Gasteiger partial charge in [-0.2, -0.15) is 8.42 Å². The van der Waals surface area contributed by atoms with Gasteiger partial charge in [0.25, 0.3) is 0 Å². The van der Waals surface area contributed by atoms with Crippen LogP contribution in [0.5, 0.6) is 0 Å². The minimum absolute atomic E-state index is 0.0342. The maximum Gasteiger partial charge on any atom is 0.303 e. The van der Waals surface area contributed by atoms with Crippen molar-refractivity contribution in [1.29, 1.82) is 0 Å². The molecule has 0 spiro atoms. The number of Topliss-reactive ketones (excluding diaryl/α,β-unsaturated/α-hetero) is 1. The molecule has 2 heterocycles. The van der Waals surface area contributed by atoms with Crippen LogP contribution in [-0.2, 0) is 14.8 Å². The third-order valence-corrected chi connectivity index (χ3v) is 3.22. The Morgan fingerprint density at radius 1 is 1.50 bits per heavy atom. The molecule has 1 aliphatic rings. The Bertz CT molecular complexity index is 577. The molecule has 0 atom stereocenters. The molecule has 0 unspecified atom stereocenters. The Kier molecular flexibility index (Phi) is 2.47. The maximum atomic E-state index is 11.7. The van der Waals surface area contributed by atoms with Gasteiger partial charge in [-0.15, -0.1) is 4.40 Å². The zero-order valence-corrected chi connectivity index (χ0v) is 9.28. The molecule has 0 aliphatic carbocycles. The zero-order valence-electron chi connectivity index (χ0n) is 8.47. The second-order valence-corrected chi connectivity index (χ2v) is 4.89. The van der Waals surface area contributed by atoms with E-state index in [2.05, 4.69) is 14.7 Å². The van der Waals surface area contributed by atoms with Crippen molar-refractivity contribution in [3.63, 3.8) is 0 Å². The van der Waals surface area contributed by atoms with Gasteiger partial charge < -0.3 is 5.32 Å². The number of carbonyl (C=O) groups is 1. The van der Waals surface area contributed by atoms with Gasteiger partial charge in [0.1, 0.15) is 11.6 Å². The van der Waals surface area contributed by atoms with Gasteiger partial charge >= 0.3 is 10.0 Å². The molecule has 0 saturated heterocycles. The first-order valence-electron chi connectivity index (χ1n) is 4.54. The van der Waals surface area contributed by atoms with Crippen molar-refractivity contribution in [2.75, 3.05) is 5.32 Å². The number of hydrogen-bond donors (Lipinski definition) is 1. The van der Waals surface area contributed by atoms with E-state index in [-0.39, 0.29) is 23.1 Å². The number of ketones is 1. The summed E-state index contributed by atoms with van der Waals surface area (Å²) in [5.74, 6) is -0.0261. The van der Waals surface area contributed by atoms with Crippen molar-refractivity contribution < 1.29 is 13.2 Å². The summed E-state index contributed by atoms with van der Waals surface area (Å²) in [5.41, 5.74) is 0.355. The third-order valence-electron chi connectivity index (χ3n) is 1.94. The number of anilines is 1. The van der Waals surface area contributed by atoms with Crippen LogP contribution in [-0.4, -0.2) is 25.0 Å². The smallest absolute Gasteiger partial charge is 0.303 e. The molecule has 1 aromatic heterocycles. The molecular formula is C9H9N3O3S. The van der Waals surface area contributed by atoms with Gasteiger partial charge in [-0.1, -0.05) is 0 Å². The summed E-state index contributed by atoms with van der Waals surface area (Å²) in [6.45, 7) is 1.37. The van der Waals surface area contributed by atoms with Crippen molar-refractivity contribution >= 4 is 27.3 Å². The van der Waals surface area contributed by atoms with Crippen molar-refractivity contribution in [3.8, 4) is 0 Å². The predicted octanol–water partition coefficient (Wildman–Crippen LogP) is 0.573. The first-order valence-corrected chi connectivity index (χ1v) is 5.98. The SMILES string of the molecule is CC(=O)CC1=NS(=O)(=O)c2ncccc2N1. The quantitative estimate of drug-likeness (QED) is 0.815. The number of sulfonamides is 1. The fourth-order valence-electron chi connectivity index (χ4n) is 1.37. The summed E-state index contributed by atoms with van der Waals surface area (Å²) in [5, 5.41) is 2.66. The van der Waals surface area contributed by atoms with Crippen molar-refractivity contribution in [2.45, 2.75) is 18.4 Å². The monoisotopic (exact) mass is 239 g/mol. The number of nitrogens with zero attached hydrogens (tertiary/aromatic N) is 2. The molecule has 1 aliphatic heterocycles. The number of amidine groups is 1. The second-order valence-electron chi connectivity index (χ2n) is 3.37. The predicted molar refractivity (Wildman–Crippen MR) is 57.8 cm³/mol. The third kappa shape index (κ3) is 1.94. The van der Waals surface area contributed by atoms with E-state index >= 15 is 0 Å². The van der Waals surface area contributed by atoms with E-state index in [4.69, 9.17) is 0 Å². The molecule has 0 radical (unpaired) electrons. The number of fused-ring (bicyclic) bond motifs is 1. The summed E-state index contributed by atoms with van der Waals surface area (Å²) >= 11 is 0. The molecule has 0 aromatic carbocycles. The number of aromatic nitrogens is 1. The minimum Gasteiger partial charge on any atom is -0.340 e. The lowest BCUT2D eigenvalue weighted by Crippen LogP contribution is -2.23. The van der Waals surface area contributed by atoms with E-state index in [1.807, 2.05) is 0 Å². The summed E-state index contributed by atoms with van der Waals surface area (Å²) in [7, 11) is -3.77. The van der Waals surface area contributed by atoms with Crippen molar-refractivity contribution in [2.24, 2.45) is 4.40 Å². The molecule has 16 heavy (non-hydrogen) atoms. The molecule has 2 rings (SSSR count). The average Bonchev–Trinajstić information content (AvgIpc) is 2.15. The van der Waals surface area contributed by atoms with Gasteiger partial charge in [0.15, 0.2) is 0 Å². The highest BCUT2D eigenvalue weighted by molar-refractivity contribution is 7.90. The Balaban J connectivity index is 2.48. The van der Waals surface area contributed by atoms with Crippen LogP contribution in [0.4, 0.5) is 5.69 Å². The van der Waals surface area contributed by atoms with E-state index < -0.39 is 10.0 Å². The van der Waals surface area contributed by atoms with Crippen LogP contribution in [0.15, 0.2) is 27.8 Å². The van der Waals surface area contributed by atoms with Gasteiger partial charge in [0, 0.05) is 6.20 Å². The number of pyridine rings is 1. The highest BCUT2D eigenvalue weighted by atomic mass is 32.2.